The number of morpholine rings is 1. The SMILES string of the molecule is N#C/C(=C/c1csc(C2CC2)n1)C(=O)Nc1ccc(N2CCOCC2)cc1. The second kappa shape index (κ2) is 7.91. The fourth-order valence-corrected chi connectivity index (χ4v) is 3.91. The van der Waals surface area contributed by atoms with E-state index < -0.39 is 5.91 Å². The molecule has 2 heterocycles. The van der Waals surface area contributed by atoms with Gasteiger partial charge in [0.2, 0.25) is 0 Å². The molecule has 1 saturated heterocycles. The summed E-state index contributed by atoms with van der Waals surface area (Å²) in [6.07, 6.45) is 3.92. The molecule has 1 aliphatic heterocycles. The van der Waals surface area contributed by atoms with Crippen LogP contribution in [0.25, 0.3) is 6.08 Å². The summed E-state index contributed by atoms with van der Waals surface area (Å²) in [5, 5.41) is 15.1. The summed E-state index contributed by atoms with van der Waals surface area (Å²) < 4.78 is 5.36. The summed E-state index contributed by atoms with van der Waals surface area (Å²) in [5.41, 5.74) is 2.49. The molecule has 138 valence electrons. The van der Waals surface area contributed by atoms with E-state index in [2.05, 4.69) is 15.2 Å². The smallest absolute Gasteiger partial charge is 0.266 e. The van der Waals surface area contributed by atoms with Gasteiger partial charge >= 0.3 is 0 Å². The van der Waals surface area contributed by atoms with Crippen molar-refractivity contribution < 1.29 is 9.53 Å². The predicted molar refractivity (Wildman–Crippen MR) is 106 cm³/mol. The highest BCUT2D eigenvalue weighted by Crippen LogP contribution is 2.41. The molecule has 0 bridgehead atoms. The van der Waals surface area contributed by atoms with Gasteiger partial charge in [-0.2, -0.15) is 5.26 Å². The van der Waals surface area contributed by atoms with Crippen LogP contribution < -0.4 is 10.2 Å². The third kappa shape index (κ3) is 4.35. The standard InChI is InChI=1S/C20H20N4O2S/c21-12-15(11-17-13-27-20(23-17)14-1-2-14)19(25)22-16-3-5-18(6-4-16)24-7-9-26-10-8-24/h3-6,11,13-14H,1-2,7-10H2,(H,22,25)/b15-11-. The van der Waals surface area contributed by atoms with Gasteiger partial charge in [0.05, 0.1) is 23.9 Å². The quantitative estimate of drug-likeness (QED) is 0.635. The number of carbonyl (C=O) groups is 1. The molecule has 0 radical (unpaired) electrons. The predicted octanol–water partition coefficient (Wildman–Crippen LogP) is 3.40. The van der Waals surface area contributed by atoms with Gasteiger partial charge in [-0.05, 0) is 43.2 Å². The molecule has 7 heteroatoms. The minimum Gasteiger partial charge on any atom is -0.378 e. The van der Waals surface area contributed by atoms with Crippen molar-refractivity contribution in [3.05, 3.63) is 45.9 Å². The van der Waals surface area contributed by atoms with Crippen LogP contribution in [0.1, 0.15) is 29.5 Å². The van der Waals surface area contributed by atoms with Crippen molar-refractivity contribution in [1.82, 2.24) is 4.98 Å². The van der Waals surface area contributed by atoms with E-state index in [1.54, 1.807) is 17.4 Å². The van der Waals surface area contributed by atoms with E-state index in [0.29, 0.717) is 17.3 Å². The number of carbonyl (C=O) groups excluding carboxylic acids is 1. The van der Waals surface area contributed by atoms with E-state index >= 15 is 0 Å². The molecule has 27 heavy (non-hydrogen) atoms. The Balaban J connectivity index is 1.41. The third-order valence-corrected chi connectivity index (χ3v) is 5.65. The summed E-state index contributed by atoms with van der Waals surface area (Å²) in [4.78, 5) is 19.2. The molecular formula is C20H20N4O2S. The number of nitrogens with one attached hydrogen (secondary N) is 1. The first-order chi connectivity index (χ1) is 13.2. The van der Waals surface area contributed by atoms with E-state index in [0.717, 1.165) is 37.0 Å². The molecule has 1 aliphatic carbocycles. The average Bonchev–Trinajstić information content (AvgIpc) is 3.46. The molecule has 1 saturated carbocycles. The van der Waals surface area contributed by atoms with Gasteiger partial charge < -0.3 is 15.0 Å². The molecule has 1 aromatic heterocycles. The number of nitriles is 1. The monoisotopic (exact) mass is 380 g/mol. The molecule has 0 unspecified atom stereocenters. The topological polar surface area (TPSA) is 78.2 Å². The molecule has 2 fully saturated rings. The number of aromatic nitrogens is 1. The van der Waals surface area contributed by atoms with Crippen molar-refractivity contribution in [1.29, 1.82) is 5.26 Å². The van der Waals surface area contributed by atoms with Gasteiger partial charge in [-0.1, -0.05) is 0 Å². The first-order valence-corrected chi connectivity index (χ1v) is 9.92. The van der Waals surface area contributed by atoms with Crippen LogP contribution in [0.5, 0.6) is 0 Å². The Morgan fingerprint density at radius 1 is 1.30 bits per heavy atom. The maximum atomic E-state index is 12.4. The normalized spacial score (nSPS) is 17.4. The Hall–Kier alpha value is -2.69. The van der Waals surface area contributed by atoms with E-state index in [1.165, 1.54) is 12.8 Å². The van der Waals surface area contributed by atoms with Gasteiger partial charge in [-0.3, -0.25) is 4.79 Å². The number of benzene rings is 1. The Morgan fingerprint density at radius 3 is 2.70 bits per heavy atom. The van der Waals surface area contributed by atoms with Crippen LogP contribution in [0.15, 0.2) is 35.2 Å². The first-order valence-electron chi connectivity index (χ1n) is 9.04. The Kier molecular flexibility index (Phi) is 5.19. The van der Waals surface area contributed by atoms with Crippen LogP contribution in [0.4, 0.5) is 11.4 Å². The number of rotatable bonds is 5. The molecule has 0 spiro atoms. The van der Waals surface area contributed by atoms with Gasteiger partial charge in [0.1, 0.15) is 11.6 Å². The zero-order valence-electron chi connectivity index (χ0n) is 14.9. The van der Waals surface area contributed by atoms with Gasteiger partial charge in [-0.25, -0.2) is 4.98 Å². The van der Waals surface area contributed by atoms with Crippen molar-refractivity contribution in [2.24, 2.45) is 0 Å². The van der Waals surface area contributed by atoms with Gasteiger partial charge in [-0.15, -0.1) is 11.3 Å². The molecule has 1 N–H and O–H groups in total. The fourth-order valence-electron chi connectivity index (χ4n) is 2.96. The molecule has 4 rings (SSSR count). The molecule has 1 aromatic carbocycles. The van der Waals surface area contributed by atoms with Crippen molar-refractivity contribution in [3.8, 4) is 6.07 Å². The maximum absolute atomic E-state index is 12.4. The summed E-state index contributed by atoms with van der Waals surface area (Å²) >= 11 is 1.59. The molecule has 2 aromatic rings. The second-order valence-electron chi connectivity index (χ2n) is 6.66. The number of ether oxygens (including phenoxy) is 1. The van der Waals surface area contributed by atoms with Crippen LogP contribution in [-0.2, 0) is 9.53 Å². The van der Waals surface area contributed by atoms with Gasteiger partial charge in [0.15, 0.2) is 0 Å². The number of amides is 1. The number of anilines is 2. The number of hydrogen-bond donors (Lipinski definition) is 1. The van der Waals surface area contributed by atoms with Crippen molar-refractivity contribution in [3.63, 3.8) is 0 Å². The Bertz CT molecular complexity index is 887. The van der Waals surface area contributed by atoms with E-state index in [-0.39, 0.29) is 5.57 Å². The maximum Gasteiger partial charge on any atom is 0.266 e. The summed E-state index contributed by atoms with van der Waals surface area (Å²) in [5.74, 6) is 0.152. The van der Waals surface area contributed by atoms with Gasteiger partial charge in [0.25, 0.3) is 5.91 Å². The van der Waals surface area contributed by atoms with Crippen LogP contribution in [-0.4, -0.2) is 37.2 Å². The van der Waals surface area contributed by atoms with Crippen molar-refractivity contribution >= 4 is 34.7 Å². The van der Waals surface area contributed by atoms with Crippen molar-refractivity contribution in [2.45, 2.75) is 18.8 Å². The summed E-state index contributed by atoms with van der Waals surface area (Å²) in [7, 11) is 0. The highest BCUT2D eigenvalue weighted by molar-refractivity contribution is 7.09. The van der Waals surface area contributed by atoms with Crippen LogP contribution in [0.3, 0.4) is 0 Å². The average molecular weight is 380 g/mol. The number of nitrogens with zero attached hydrogens (tertiary/aromatic N) is 3. The van der Waals surface area contributed by atoms with Crippen molar-refractivity contribution in [2.75, 3.05) is 36.5 Å². The minimum atomic E-state index is -0.419. The van der Waals surface area contributed by atoms with E-state index in [4.69, 9.17) is 4.74 Å². The second-order valence-corrected chi connectivity index (χ2v) is 7.54. The lowest BCUT2D eigenvalue weighted by atomic mass is 10.2. The highest BCUT2D eigenvalue weighted by atomic mass is 32.1. The molecule has 2 aliphatic rings. The fraction of sp³-hybridized carbons (Fsp3) is 0.350. The lowest BCUT2D eigenvalue weighted by Crippen LogP contribution is -2.36. The minimum absolute atomic E-state index is 0.0555. The number of hydrogen-bond acceptors (Lipinski definition) is 6. The Morgan fingerprint density at radius 2 is 2.04 bits per heavy atom. The molecular weight excluding hydrogens is 360 g/mol. The van der Waals surface area contributed by atoms with E-state index in [1.807, 2.05) is 35.7 Å². The highest BCUT2D eigenvalue weighted by Gasteiger charge is 2.26. The number of thiazole rings is 1. The summed E-state index contributed by atoms with van der Waals surface area (Å²) in [6, 6.07) is 9.63. The lowest BCUT2D eigenvalue weighted by Gasteiger charge is -2.28. The van der Waals surface area contributed by atoms with Gasteiger partial charge in [0, 0.05) is 35.8 Å². The molecule has 1 amide bonds. The Labute approximate surface area is 162 Å². The zero-order chi connectivity index (χ0) is 18.6. The molecule has 0 atom stereocenters. The third-order valence-electron chi connectivity index (χ3n) is 4.63. The van der Waals surface area contributed by atoms with Crippen LogP contribution in [0, 0.1) is 11.3 Å². The first kappa shape index (κ1) is 17.7. The zero-order valence-corrected chi connectivity index (χ0v) is 15.7. The van der Waals surface area contributed by atoms with E-state index in [9.17, 15) is 10.1 Å². The largest absolute Gasteiger partial charge is 0.378 e. The van der Waals surface area contributed by atoms with Crippen LogP contribution >= 0.6 is 11.3 Å². The lowest BCUT2D eigenvalue weighted by molar-refractivity contribution is -0.112. The molecule has 6 nitrogen and oxygen atoms in total. The van der Waals surface area contributed by atoms with Crippen LogP contribution in [0.2, 0.25) is 0 Å². The summed E-state index contributed by atoms with van der Waals surface area (Å²) in [6.45, 7) is 3.19.